The van der Waals surface area contributed by atoms with Gasteiger partial charge in [-0.05, 0) is 25.1 Å². The summed E-state index contributed by atoms with van der Waals surface area (Å²) in [6.07, 6.45) is 4.60. The Balaban J connectivity index is 1.87. The minimum atomic E-state index is -3.73. The van der Waals surface area contributed by atoms with E-state index in [0.29, 0.717) is 5.69 Å². The molecule has 4 aromatic heterocycles. The van der Waals surface area contributed by atoms with Crippen LogP contribution in [0.2, 0.25) is 0 Å². The van der Waals surface area contributed by atoms with Crippen LogP contribution in [-0.4, -0.2) is 44.0 Å². The molecular weight excluding hydrogens is 430 g/mol. The lowest BCUT2D eigenvalue weighted by atomic mass is 10.0. The van der Waals surface area contributed by atoms with E-state index in [9.17, 15) is 13.7 Å². The third-order valence-electron chi connectivity index (χ3n) is 5.12. The van der Waals surface area contributed by atoms with E-state index in [1.165, 1.54) is 0 Å². The summed E-state index contributed by atoms with van der Waals surface area (Å²) < 4.78 is 27.7. The van der Waals surface area contributed by atoms with Crippen molar-refractivity contribution < 1.29 is 8.42 Å². The Bertz CT molecular complexity index is 1500. The molecule has 0 spiro atoms. The van der Waals surface area contributed by atoms with Crippen LogP contribution in [0.3, 0.4) is 0 Å². The van der Waals surface area contributed by atoms with Crippen LogP contribution in [0.1, 0.15) is 24.2 Å². The van der Waals surface area contributed by atoms with Gasteiger partial charge in [0.25, 0.3) is 5.16 Å². The smallest absolute Gasteiger partial charge is 0.250 e. The lowest BCUT2D eigenvalue weighted by Crippen LogP contribution is -2.16. The van der Waals surface area contributed by atoms with Crippen molar-refractivity contribution in [3.8, 4) is 17.3 Å². The largest absolute Gasteiger partial charge is 0.382 e. The second kappa shape index (κ2) is 7.61. The summed E-state index contributed by atoms with van der Waals surface area (Å²) in [6.45, 7) is 1.84. The standard InChI is InChI=1S/C20H21N9O2S/c1-11(24-19-13(10-21)18(22)26-20(27-19)32(4,30)31)17-12(15-5-7-23-29(15)3)9-16-14(25-17)6-8-28(16)2/h5-9,11H,1-4H3,(H3,22,24,26,27)/t11-/m0/s1. The van der Waals surface area contributed by atoms with E-state index < -0.39 is 21.0 Å². The highest BCUT2D eigenvalue weighted by molar-refractivity contribution is 7.90. The molecule has 0 radical (unpaired) electrons. The van der Waals surface area contributed by atoms with Crippen LogP contribution in [0.25, 0.3) is 22.3 Å². The molecule has 0 amide bonds. The van der Waals surface area contributed by atoms with E-state index >= 15 is 0 Å². The summed E-state index contributed by atoms with van der Waals surface area (Å²) in [7, 11) is 0.0453. The number of nitriles is 1. The third-order valence-corrected chi connectivity index (χ3v) is 5.96. The molecule has 4 heterocycles. The Hall–Kier alpha value is -3.98. The number of nitrogens with two attached hydrogens (primary N) is 1. The summed E-state index contributed by atoms with van der Waals surface area (Å²) in [5, 5.41) is 16.4. The Kier molecular flexibility index (Phi) is 5.06. The van der Waals surface area contributed by atoms with E-state index in [4.69, 9.17) is 10.7 Å². The molecular formula is C20H21N9O2S. The first-order valence-corrected chi connectivity index (χ1v) is 11.5. The molecule has 0 saturated heterocycles. The predicted octanol–water partition coefficient (Wildman–Crippen LogP) is 1.79. The average Bonchev–Trinajstić information content (AvgIpc) is 3.31. The number of anilines is 2. The fourth-order valence-electron chi connectivity index (χ4n) is 3.48. The van der Waals surface area contributed by atoms with Gasteiger partial charge in [0.2, 0.25) is 9.84 Å². The van der Waals surface area contributed by atoms with Crippen molar-refractivity contribution in [2.45, 2.75) is 18.1 Å². The van der Waals surface area contributed by atoms with Crippen molar-refractivity contribution in [2.24, 2.45) is 14.1 Å². The fraction of sp³-hybridized carbons (Fsp3) is 0.250. The van der Waals surface area contributed by atoms with Gasteiger partial charge in [-0.25, -0.2) is 13.4 Å². The summed E-state index contributed by atoms with van der Waals surface area (Å²) in [5.74, 6) is -0.185. The van der Waals surface area contributed by atoms with E-state index in [-0.39, 0.29) is 17.2 Å². The first-order chi connectivity index (χ1) is 15.1. The van der Waals surface area contributed by atoms with E-state index in [1.54, 1.807) is 10.9 Å². The Morgan fingerprint density at radius 3 is 2.59 bits per heavy atom. The highest BCUT2D eigenvalue weighted by Gasteiger charge is 2.23. The van der Waals surface area contributed by atoms with Gasteiger partial charge in [0.05, 0.1) is 28.5 Å². The number of sulfone groups is 1. The van der Waals surface area contributed by atoms with E-state index in [0.717, 1.165) is 28.5 Å². The molecule has 0 aliphatic carbocycles. The van der Waals surface area contributed by atoms with Crippen LogP contribution in [0.4, 0.5) is 11.6 Å². The van der Waals surface area contributed by atoms with Gasteiger partial charge >= 0.3 is 0 Å². The summed E-state index contributed by atoms with van der Waals surface area (Å²) in [4.78, 5) is 12.6. The molecule has 0 bridgehead atoms. The minimum absolute atomic E-state index is 0.0267. The fourth-order valence-corrected chi connectivity index (χ4v) is 4.01. The zero-order valence-corrected chi connectivity index (χ0v) is 18.7. The van der Waals surface area contributed by atoms with Crippen molar-refractivity contribution in [2.75, 3.05) is 17.3 Å². The van der Waals surface area contributed by atoms with Gasteiger partial charge in [0, 0.05) is 38.3 Å². The molecule has 4 rings (SSSR count). The van der Waals surface area contributed by atoms with E-state index in [1.807, 2.05) is 56.1 Å². The second-order valence-electron chi connectivity index (χ2n) is 7.46. The highest BCUT2D eigenvalue weighted by Crippen LogP contribution is 2.32. The number of fused-ring (bicyclic) bond motifs is 1. The van der Waals surface area contributed by atoms with Crippen LogP contribution in [0, 0.1) is 11.3 Å². The third kappa shape index (κ3) is 3.63. The maximum absolute atomic E-state index is 12.0. The summed E-state index contributed by atoms with van der Waals surface area (Å²) in [6, 6.07) is 7.29. The molecule has 0 saturated carbocycles. The number of hydrogen-bond acceptors (Lipinski definition) is 9. The maximum atomic E-state index is 12.0. The molecule has 0 unspecified atom stereocenters. The normalized spacial score (nSPS) is 12.6. The molecule has 1 atom stereocenters. The highest BCUT2D eigenvalue weighted by atomic mass is 32.2. The number of aryl methyl sites for hydroxylation is 2. The molecule has 0 fully saturated rings. The first kappa shape index (κ1) is 21.3. The van der Waals surface area contributed by atoms with Crippen LogP contribution in [0.5, 0.6) is 0 Å². The quantitative estimate of drug-likeness (QED) is 0.432. The number of pyridine rings is 1. The summed E-state index contributed by atoms with van der Waals surface area (Å²) in [5.41, 5.74) is 9.91. The monoisotopic (exact) mass is 451 g/mol. The van der Waals surface area contributed by atoms with Gasteiger partial charge < -0.3 is 15.6 Å². The van der Waals surface area contributed by atoms with Gasteiger partial charge in [-0.3, -0.25) is 4.68 Å². The molecule has 0 aliphatic rings. The lowest BCUT2D eigenvalue weighted by Gasteiger charge is -2.19. The van der Waals surface area contributed by atoms with Gasteiger partial charge in [0.1, 0.15) is 17.5 Å². The van der Waals surface area contributed by atoms with Crippen molar-refractivity contribution >= 4 is 32.5 Å². The number of aromatic nitrogens is 6. The number of nitrogens with zero attached hydrogens (tertiary/aromatic N) is 7. The first-order valence-electron chi connectivity index (χ1n) is 9.58. The zero-order chi connectivity index (χ0) is 23.2. The maximum Gasteiger partial charge on any atom is 0.250 e. The molecule has 3 N–H and O–H groups in total. The van der Waals surface area contributed by atoms with Crippen molar-refractivity contribution in [3.63, 3.8) is 0 Å². The molecule has 11 nitrogen and oxygen atoms in total. The van der Waals surface area contributed by atoms with Gasteiger partial charge in [-0.15, -0.1) is 0 Å². The molecule has 0 aliphatic heterocycles. The number of nitrogens with one attached hydrogen (secondary N) is 1. The Morgan fingerprint density at radius 2 is 1.97 bits per heavy atom. The lowest BCUT2D eigenvalue weighted by molar-refractivity contribution is 0.593. The van der Waals surface area contributed by atoms with Crippen LogP contribution in [-0.2, 0) is 23.9 Å². The van der Waals surface area contributed by atoms with Gasteiger partial charge in [-0.2, -0.15) is 20.3 Å². The predicted molar refractivity (Wildman–Crippen MR) is 119 cm³/mol. The van der Waals surface area contributed by atoms with E-state index in [2.05, 4.69) is 20.4 Å². The molecule has 4 aromatic rings. The van der Waals surface area contributed by atoms with Crippen LogP contribution >= 0.6 is 0 Å². The minimum Gasteiger partial charge on any atom is -0.382 e. The van der Waals surface area contributed by atoms with Crippen molar-refractivity contribution in [1.29, 1.82) is 5.26 Å². The molecule has 0 aromatic carbocycles. The van der Waals surface area contributed by atoms with Crippen LogP contribution in [0.15, 0.2) is 35.7 Å². The summed E-state index contributed by atoms with van der Waals surface area (Å²) >= 11 is 0. The Morgan fingerprint density at radius 1 is 1.22 bits per heavy atom. The number of rotatable bonds is 5. The molecule has 12 heteroatoms. The van der Waals surface area contributed by atoms with Crippen molar-refractivity contribution in [1.82, 2.24) is 29.3 Å². The molecule has 32 heavy (non-hydrogen) atoms. The zero-order valence-electron chi connectivity index (χ0n) is 17.9. The van der Waals surface area contributed by atoms with Gasteiger partial charge in [-0.1, -0.05) is 0 Å². The Labute approximate surface area is 184 Å². The average molecular weight is 452 g/mol. The second-order valence-corrected chi connectivity index (χ2v) is 9.37. The number of nitrogen functional groups attached to an aromatic ring is 1. The SMILES string of the molecule is C[C@H](Nc1nc(S(C)(=O)=O)nc(N)c1C#N)c1nc2ccn(C)c2cc1-c1ccnn1C. The number of hydrogen-bond donors (Lipinski definition) is 2. The topological polar surface area (TPSA) is 157 Å². The van der Waals surface area contributed by atoms with Gasteiger partial charge in [0.15, 0.2) is 5.82 Å². The molecule has 164 valence electrons. The van der Waals surface area contributed by atoms with Crippen LogP contribution < -0.4 is 11.1 Å². The van der Waals surface area contributed by atoms with Crippen molar-refractivity contribution in [3.05, 3.63) is 41.9 Å².